The highest BCUT2D eigenvalue weighted by Crippen LogP contribution is 2.35. The molecule has 0 unspecified atom stereocenters. The van der Waals surface area contributed by atoms with Gasteiger partial charge in [-0.15, -0.1) is 0 Å². The van der Waals surface area contributed by atoms with E-state index in [9.17, 15) is 0 Å². The number of nitriles is 1. The first-order valence-corrected chi connectivity index (χ1v) is 13.6. The molecule has 0 atom stereocenters. The van der Waals surface area contributed by atoms with E-state index >= 15 is 0 Å². The van der Waals surface area contributed by atoms with Gasteiger partial charge in [0.1, 0.15) is 11.2 Å². The molecular weight excluding hydrogens is 500 g/mol. The van der Waals surface area contributed by atoms with Gasteiger partial charge in [0, 0.05) is 27.8 Å². The van der Waals surface area contributed by atoms with Crippen molar-refractivity contribution >= 4 is 39.0 Å². The minimum atomic E-state index is 0.659. The SMILES string of the molecule is Cc1ccc2oc3ccccc3c2c1.N#Cc1ccc(N(c2ccccc2)c2ccc(-c3ccccc3)cc2)cc1. The second-order valence-corrected chi connectivity index (χ2v) is 9.84. The van der Waals surface area contributed by atoms with Crippen molar-refractivity contribution in [3.05, 3.63) is 163 Å². The zero-order chi connectivity index (χ0) is 28.0. The summed E-state index contributed by atoms with van der Waals surface area (Å²) >= 11 is 0. The number of furan rings is 1. The number of benzene rings is 6. The molecular formula is C38H28N2O. The minimum absolute atomic E-state index is 0.659. The van der Waals surface area contributed by atoms with Gasteiger partial charge in [0.15, 0.2) is 0 Å². The van der Waals surface area contributed by atoms with Crippen LogP contribution < -0.4 is 4.90 Å². The average molecular weight is 529 g/mol. The summed E-state index contributed by atoms with van der Waals surface area (Å²) < 4.78 is 5.71. The number of nitrogens with zero attached hydrogens (tertiary/aromatic N) is 2. The van der Waals surface area contributed by atoms with Crippen molar-refractivity contribution < 1.29 is 4.42 Å². The molecule has 3 nitrogen and oxygen atoms in total. The predicted molar refractivity (Wildman–Crippen MR) is 170 cm³/mol. The number of fused-ring (bicyclic) bond motifs is 3. The smallest absolute Gasteiger partial charge is 0.135 e. The van der Waals surface area contributed by atoms with E-state index in [2.05, 4.69) is 96.8 Å². The van der Waals surface area contributed by atoms with Crippen molar-refractivity contribution in [2.75, 3.05) is 4.90 Å². The Morgan fingerprint density at radius 1 is 0.512 bits per heavy atom. The third-order valence-electron chi connectivity index (χ3n) is 7.03. The summed E-state index contributed by atoms with van der Waals surface area (Å²) in [6.07, 6.45) is 0. The lowest BCUT2D eigenvalue weighted by molar-refractivity contribution is 0.669. The average Bonchev–Trinajstić information content (AvgIpc) is 3.41. The molecule has 7 aromatic rings. The molecule has 0 saturated carbocycles. The fourth-order valence-electron chi connectivity index (χ4n) is 4.98. The molecule has 7 rings (SSSR count). The Labute approximate surface area is 240 Å². The lowest BCUT2D eigenvalue weighted by Crippen LogP contribution is -2.09. The Balaban J connectivity index is 0.000000180. The van der Waals surface area contributed by atoms with Gasteiger partial charge < -0.3 is 9.32 Å². The van der Waals surface area contributed by atoms with Gasteiger partial charge in [-0.05, 0) is 84.8 Å². The fourth-order valence-corrected chi connectivity index (χ4v) is 4.98. The highest BCUT2D eigenvalue weighted by Gasteiger charge is 2.12. The standard InChI is InChI=1S/C25H18N2.C13H10O/c26-19-20-11-15-24(16-12-20)27(23-9-5-2-6-10-23)25-17-13-22(14-18-25)21-7-3-1-4-8-21;1-9-6-7-13-11(8-9)10-4-2-3-5-12(10)14-13/h1-18H;2-8H,1H3. The van der Waals surface area contributed by atoms with Crippen LogP contribution in [0.15, 0.2) is 156 Å². The molecule has 0 fully saturated rings. The van der Waals surface area contributed by atoms with Crippen molar-refractivity contribution in [2.24, 2.45) is 0 Å². The zero-order valence-electron chi connectivity index (χ0n) is 22.7. The number of hydrogen-bond donors (Lipinski definition) is 0. The first-order chi connectivity index (χ1) is 20.2. The summed E-state index contributed by atoms with van der Waals surface area (Å²) in [4.78, 5) is 2.19. The highest BCUT2D eigenvalue weighted by molar-refractivity contribution is 6.04. The number of rotatable bonds is 4. The molecule has 196 valence electrons. The van der Waals surface area contributed by atoms with Crippen LogP contribution in [0.2, 0.25) is 0 Å². The summed E-state index contributed by atoms with van der Waals surface area (Å²) in [7, 11) is 0. The van der Waals surface area contributed by atoms with Crippen molar-refractivity contribution in [1.82, 2.24) is 0 Å². The number of hydrogen-bond acceptors (Lipinski definition) is 3. The van der Waals surface area contributed by atoms with Gasteiger partial charge in [-0.25, -0.2) is 0 Å². The molecule has 1 heterocycles. The topological polar surface area (TPSA) is 40.2 Å². The Bertz CT molecular complexity index is 1930. The van der Waals surface area contributed by atoms with E-state index in [0.29, 0.717) is 5.56 Å². The molecule has 0 amide bonds. The Morgan fingerprint density at radius 2 is 1.05 bits per heavy atom. The minimum Gasteiger partial charge on any atom is -0.456 e. The summed E-state index contributed by atoms with van der Waals surface area (Å²) in [6, 6.07) is 53.4. The molecule has 0 aliphatic rings. The number of para-hydroxylation sites is 2. The van der Waals surface area contributed by atoms with Crippen LogP contribution >= 0.6 is 0 Å². The van der Waals surface area contributed by atoms with Crippen LogP contribution in [0.1, 0.15) is 11.1 Å². The van der Waals surface area contributed by atoms with E-state index in [1.165, 1.54) is 27.5 Å². The Morgan fingerprint density at radius 3 is 1.73 bits per heavy atom. The van der Waals surface area contributed by atoms with Gasteiger partial charge in [-0.3, -0.25) is 0 Å². The normalized spacial score (nSPS) is 10.5. The molecule has 0 bridgehead atoms. The van der Waals surface area contributed by atoms with E-state index in [-0.39, 0.29) is 0 Å². The maximum absolute atomic E-state index is 9.08. The third kappa shape index (κ3) is 5.59. The lowest BCUT2D eigenvalue weighted by Gasteiger charge is -2.25. The van der Waals surface area contributed by atoms with E-state index in [0.717, 1.165) is 28.2 Å². The van der Waals surface area contributed by atoms with E-state index < -0.39 is 0 Å². The third-order valence-corrected chi connectivity index (χ3v) is 7.03. The van der Waals surface area contributed by atoms with Crippen LogP contribution in [0.4, 0.5) is 17.1 Å². The molecule has 1 aromatic heterocycles. The van der Waals surface area contributed by atoms with Gasteiger partial charge in [0.05, 0.1) is 11.6 Å². The molecule has 0 saturated heterocycles. The quantitative estimate of drug-likeness (QED) is 0.228. The van der Waals surface area contributed by atoms with Crippen LogP contribution in [0, 0.1) is 18.3 Å². The molecule has 3 heteroatoms. The van der Waals surface area contributed by atoms with Crippen LogP contribution in [-0.4, -0.2) is 0 Å². The summed E-state index contributed by atoms with van der Waals surface area (Å²) in [5.74, 6) is 0. The van der Waals surface area contributed by atoms with Gasteiger partial charge in [0.25, 0.3) is 0 Å². The molecule has 0 radical (unpaired) electrons. The van der Waals surface area contributed by atoms with Crippen LogP contribution in [0.3, 0.4) is 0 Å². The highest BCUT2D eigenvalue weighted by atomic mass is 16.3. The van der Waals surface area contributed by atoms with Gasteiger partial charge in [-0.2, -0.15) is 5.26 Å². The van der Waals surface area contributed by atoms with E-state index in [1.807, 2.05) is 72.8 Å². The largest absolute Gasteiger partial charge is 0.456 e. The Kier molecular flexibility index (Phi) is 7.30. The molecule has 0 spiro atoms. The van der Waals surface area contributed by atoms with E-state index in [1.54, 1.807) is 0 Å². The van der Waals surface area contributed by atoms with Crippen molar-refractivity contribution in [3.63, 3.8) is 0 Å². The molecule has 0 aliphatic heterocycles. The maximum atomic E-state index is 9.08. The summed E-state index contributed by atoms with van der Waals surface area (Å²) in [5.41, 5.74) is 9.42. The second-order valence-electron chi connectivity index (χ2n) is 9.84. The van der Waals surface area contributed by atoms with E-state index in [4.69, 9.17) is 9.68 Å². The van der Waals surface area contributed by atoms with Gasteiger partial charge >= 0.3 is 0 Å². The number of aryl methyl sites for hydroxylation is 1. The van der Waals surface area contributed by atoms with Crippen LogP contribution in [0.25, 0.3) is 33.1 Å². The van der Waals surface area contributed by atoms with Crippen molar-refractivity contribution in [2.45, 2.75) is 6.92 Å². The summed E-state index contributed by atoms with van der Waals surface area (Å²) in [6.45, 7) is 2.10. The molecule has 6 aromatic carbocycles. The van der Waals surface area contributed by atoms with Crippen LogP contribution in [-0.2, 0) is 0 Å². The summed E-state index contributed by atoms with van der Waals surface area (Å²) in [5, 5.41) is 11.5. The predicted octanol–water partition coefficient (Wildman–Crippen LogP) is 10.6. The zero-order valence-corrected chi connectivity index (χ0v) is 22.7. The fraction of sp³-hybridized carbons (Fsp3) is 0.0263. The second kappa shape index (κ2) is 11.7. The lowest BCUT2D eigenvalue weighted by atomic mass is 10.0. The molecule has 0 N–H and O–H groups in total. The first kappa shape index (κ1) is 25.7. The van der Waals surface area contributed by atoms with Crippen LogP contribution in [0.5, 0.6) is 0 Å². The Hall–Kier alpha value is -5.59. The molecule has 41 heavy (non-hydrogen) atoms. The maximum Gasteiger partial charge on any atom is 0.135 e. The monoisotopic (exact) mass is 528 g/mol. The van der Waals surface area contributed by atoms with Crippen molar-refractivity contribution in [3.8, 4) is 17.2 Å². The molecule has 0 aliphatic carbocycles. The van der Waals surface area contributed by atoms with Crippen molar-refractivity contribution in [1.29, 1.82) is 5.26 Å². The first-order valence-electron chi connectivity index (χ1n) is 13.6. The van der Waals surface area contributed by atoms with Gasteiger partial charge in [0.2, 0.25) is 0 Å². The number of anilines is 3. The van der Waals surface area contributed by atoms with Gasteiger partial charge in [-0.1, -0.05) is 90.5 Å².